The average Bonchev–Trinajstić information content (AvgIpc) is 3.66. The van der Waals surface area contributed by atoms with Gasteiger partial charge in [0.1, 0.15) is 0 Å². The number of carbonyl (C=O) groups is 1. The maximum atomic E-state index is 12.5. The molecule has 0 unspecified atom stereocenters. The number of nitrogens with zero attached hydrogens (tertiary/aromatic N) is 2. The molecule has 2 aliphatic heterocycles. The zero-order chi connectivity index (χ0) is 31.0. The van der Waals surface area contributed by atoms with Gasteiger partial charge in [0.05, 0.1) is 29.4 Å². The second kappa shape index (κ2) is 12.2. The molecule has 0 fully saturated rings. The molecule has 3 aromatic heterocycles. The Hall–Kier alpha value is -4.19. The summed E-state index contributed by atoms with van der Waals surface area (Å²) in [5.41, 5.74) is 18.6. The van der Waals surface area contributed by atoms with E-state index in [4.69, 9.17) is 14.7 Å². The molecule has 224 valence electrons. The monoisotopic (exact) mass is 576 g/mol. The van der Waals surface area contributed by atoms with E-state index in [2.05, 4.69) is 83.6 Å². The van der Waals surface area contributed by atoms with Crippen LogP contribution in [-0.4, -0.2) is 32.5 Å². The summed E-state index contributed by atoms with van der Waals surface area (Å²) in [5.74, 6) is -0.373. The fourth-order valence-corrected chi connectivity index (χ4v) is 6.67. The number of ether oxygens (including phenoxy) is 1. The summed E-state index contributed by atoms with van der Waals surface area (Å²) in [4.78, 5) is 30.5. The highest BCUT2D eigenvalue weighted by molar-refractivity contribution is 6.00. The van der Waals surface area contributed by atoms with Gasteiger partial charge in [-0.25, -0.2) is 14.8 Å². The van der Waals surface area contributed by atoms with Gasteiger partial charge in [-0.3, -0.25) is 0 Å². The van der Waals surface area contributed by atoms with Crippen LogP contribution in [0, 0.1) is 13.8 Å². The van der Waals surface area contributed by atoms with Crippen molar-refractivity contribution in [1.82, 2.24) is 19.9 Å². The zero-order valence-corrected chi connectivity index (χ0v) is 27.1. The third-order valence-corrected chi connectivity index (χ3v) is 9.05. The van der Waals surface area contributed by atoms with Gasteiger partial charge in [-0.05, 0) is 129 Å². The van der Waals surface area contributed by atoms with Gasteiger partial charge in [0, 0.05) is 33.7 Å². The maximum absolute atomic E-state index is 12.5. The number of carbonyl (C=O) groups excluding carboxylic acids is 1. The Bertz CT molecular complexity index is 1880. The number of H-pyrrole nitrogens is 2. The fourth-order valence-electron chi connectivity index (χ4n) is 6.67. The van der Waals surface area contributed by atoms with Crippen LogP contribution >= 0.6 is 0 Å². The molecule has 0 amide bonds. The van der Waals surface area contributed by atoms with Crippen LogP contribution in [0.5, 0.6) is 0 Å². The summed E-state index contributed by atoms with van der Waals surface area (Å²) in [6, 6.07) is 6.64. The van der Waals surface area contributed by atoms with Gasteiger partial charge in [0.2, 0.25) is 0 Å². The molecule has 0 aliphatic carbocycles. The van der Waals surface area contributed by atoms with Crippen LogP contribution in [0.25, 0.3) is 50.4 Å². The lowest BCUT2D eigenvalue weighted by Crippen LogP contribution is -2.00. The number of nitrogens with one attached hydrogen (secondary N) is 2. The van der Waals surface area contributed by atoms with Gasteiger partial charge in [-0.15, -0.1) is 0 Å². The van der Waals surface area contributed by atoms with Crippen molar-refractivity contribution in [1.29, 1.82) is 0 Å². The van der Waals surface area contributed by atoms with Gasteiger partial charge >= 0.3 is 5.97 Å². The third-order valence-electron chi connectivity index (χ3n) is 9.05. The van der Waals surface area contributed by atoms with E-state index in [0.717, 1.165) is 92.8 Å². The van der Waals surface area contributed by atoms with Crippen LogP contribution in [0.1, 0.15) is 112 Å². The zero-order valence-electron chi connectivity index (χ0n) is 27.1. The van der Waals surface area contributed by atoms with Crippen molar-refractivity contribution in [3.63, 3.8) is 0 Å². The first-order chi connectivity index (χ1) is 20.7. The Labute approximate surface area is 255 Å². The van der Waals surface area contributed by atoms with Crippen LogP contribution in [0.3, 0.4) is 0 Å². The van der Waals surface area contributed by atoms with Crippen molar-refractivity contribution in [3.05, 3.63) is 74.9 Å². The van der Waals surface area contributed by atoms with E-state index in [1.807, 2.05) is 13.0 Å². The van der Waals surface area contributed by atoms with Crippen molar-refractivity contribution in [2.75, 3.05) is 6.61 Å². The van der Waals surface area contributed by atoms with E-state index >= 15 is 0 Å². The second-order valence-corrected chi connectivity index (χ2v) is 11.4. The predicted octanol–water partition coefficient (Wildman–Crippen LogP) is 9.31. The lowest BCUT2D eigenvalue weighted by molar-refractivity contribution is -0.137. The number of hydrogen-bond acceptors (Lipinski definition) is 4. The van der Waals surface area contributed by atoms with Crippen molar-refractivity contribution < 1.29 is 9.53 Å². The lowest BCUT2D eigenvalue weighted by atomic mass is 9.96. The molecule has 0 atom stereocenters. The minimum absolute atomic E-state index is 0.324. The highest BCUT2D eigenvalue weighted by Gasteiger charge is 2.24. The molecule has 0 saturated carbocycles. The summed E-state index contributed by atoms with van der Waals surface area (Å²) < 4.78 is 5.25. The molecular formula is C37H44N4O2. The van der Waals surface area contributed by atoms with Gasteiger partial charge < -0.3 is 14.7 Å². The first kappa shape index (κ1) is 30.3. The molecule has 5 rings (SSSR count). The molecule has 6 heteroatoms. The smallest absolute Gasteiger partial charge is 0.330 e. The largest absolute Gasteiger partial charge is 0.463 e. The average molecular weight is 577 g/mol. The number of fused-ring (bicyclic) bond motifs is 8. The molecular weight excluding hydrogens is 532 g/mol. The SMILES string of the molecule is CCOC(=O)C=Cc1c2nc(cc3[nH]c(cc4[nH]c(cc5nc1C(CC)=C5C)c(CC)c4C)c(CC)c3C)C(CC)=C2C. The molecule has 0 radical (unpaired) electrons. The van der Waals surface area contributed by atoms with Crippen molar-refractivity contribution in [2.24, 2.45) is 0 Å². The molecule has 43 heavy (non-hydrogen) atoms. The number of esters is 1. The van der Waals surface area contributed by atoms with Gasteiger partial charge in [0.15, 0.2) is 0 Å². The highest BCUT2D eigenvalue weighted by Crippen LogP contribution is 2.40. The van der Waals surface area contributed by atoms with Crippen molar-refractivity contribution in [2.45, 2.75) is 88.0 Å². The summed E-state index contributed by atoms with van der Waals surface area (Å²) in [5, 5.41) is 0. The Balaban J connectivity index is 2.03. The molecule has 8 bridgehead atoms. The molecule has 2 aliphatic rings. The number of aromatic amines is 2. The second-order valence-electron chi connectivity index (χ2n) is 11.4. The van der Waals surface area contributed by atoms with Gasteiger partial charge in [0.25, 0.3) is 0 Å². The van der Waals surface area contributed by atoms with Crippen LogP contribution in [-0.2, 0) is 22.4 Å². The Morgan fingerprint density at radius 1 is 0.698 bits per heavy atom. The summed E-state index contributed by atoms with van der Waals surface area (Å²) in [6.07, 6.45) is 6.85. The predicted molar refractivity (Wildman–Crippen MR) is 180 cm³/mol. The van der Waals surface area contributed by atoms with Crippen molar-refractivity contribution >= 4 is 56.4 Å². The lowest BCUT2D eigenvalue weighted by Gasteiger charge is -2.07. The van der Waals surface area contributed by atoms with Crippen LogP contribution < -0.4 is 0 Å². The van der Waals surface area contributed by atoms with E-state index in [9.17, 15) is 4.79 Å². The number of aromatic nitrogens is 4. The topological polar surface area (TPSA) is 83.7 Å². The Morgan fingerprint density at radius 2 is 1.26 bits per heavy atom. The molecule has 3 aromatic rings. The van der Waals surface area contributed by atoms with E-state index in [0.29, 0.717) is 6.61 Å². The van der Waals surface area contributed by atoms with Gasteiger partial charge in [-0.2, -0.15) is 0 Å². The van der Waals surface area contributed by atoms with E-state index in [1.54, 1.807) is 0 Å². The molecule has 0 saturated heterocycles. The molecule has 5 heterocycles. The quantitative estimate of drug-likeness (QED) is 0.217. The molecule has 6 nitrogen and oxygen atoms in total. The summed E-state index contributed by atoms with van der Waals surface area (Å²) in [6.45, 7) is 19.6. The Kier molecular flexibility index (Phi) is 8.59. The normalized spacial score (nSPS) is 13.5. The fraction of sp³-hybridized carbons (Fsp3) is 0.378. The van der Waals surface area contributed by atoms with Crippen LogP contribution in [0.15, 0.2) is 24.3 Å². The highest BCUT2D eigenvalue weighted by atomic mass is 16.5. The number of hydrogen-bond donors (Lipinski definition) is 2. The van der Waals surface area contributed by atoms with Crippen molar-refractivity contribution in [3.8, 4) is 0 Å². The minimum Gasteiger partial charge on any atom is -0.463 e. The summed E-state index contributed by atoms with van der Waals surface area (Å²) in [7, 11) is 0. The van der Waals surface area contributed by atoms with E-state index in [-0.39, 0.29) is 5.97 Å². The minimum atomic E-state index is -0.373. The standard InChI is InChI=1S/C37H44N4O2/c1-10-24-21(7)30-18-34-26(12-3)23(9)36(41-34)28(15-16-35(42)43-14-5)37-27(13-4)22(8)31(40-37)19-33-25(11-2)20(6)29(38-33)17-32(24)39-30/h15-19,38-39H,10-14H2,1-9H3. The molecule has 2 N–H and O–H groups in total. The number of aryl methyl sites for hydroxylation is 4. The van der Waals surface area contributed by atoms with E-state index < -0.39 is 0 Å². The number of rotatable bonds is 7. The third kappa shape index (κ3) is 5.28. The first-order valence-electron chi connectivity index (χ1n) is 15.7. The Morgan fingerprint density at radius 3 is 1.84 bits per heavy atom. The number of allylic oxidation sites excluding steroid dienone is 4. The molecule has 0 aromatic carbocycles. The molecule has 0 spiro atoms. The first-order valence-corrected chi connectivity index (χ1v) is 15.7. The van der Waals surface area contributed by atoms with Crippen LogP contribution in [0.4, 0.5) is 0 Å². The maximum Gasteiger partial charge on any atom is 0.330 e. The van der Waals surface area contributed by atoms with E-state index in [1.165, 1.54) is 33.9 Å². The summed E-state index contributed by atoms with van der Waals surface area (Å²) >= 11 is 0. The van der Waals surface area contributed by atoms with Crippen LogP contribution in [0.2, 0.25) is 0 Å². The van der Waals surface area contributed by atoms with Gasteiger partial charge in [-0.1, -0.05) is 27.7 Å².